The van der Waals surface area contributed by atoms with Crippen LogP contribution in [0.3, 0.4) is 0 Å². The number of aromatic nitrogens is 1. The molecule has 3 heteroatoms. The Balaban J connectivity index is 1.99. The van der Waals surface area contributed by atoms with Gasteiger partial charge >= 0.3 is 0 Å². The molecule has 1 fully saturated rings. The van der Waals surface area contributed by atoms with Crippen LogP contribution in [0.15, 0.2) is 42.5 Å². The third kappa shape index (κ3) is 2.08. The first-order valence-electron chi connectivity index (χ1n) is 8.03. The Morgan fingerprint density at radius 1 is 1.05 bits per heavy atom. The van der Waals surface area contributed by atoms with Gasteiger partial charge in [-0.05, 0) is 44.6 Å². The SMILES string of the molecule is COc1ccc2c3ccccc3n(C3CCCN(C)C3)c2c1. The van der Waals surface area contributed by atoms with E-state index in [0.29, 0.717) is 6.04 Å². The second-order valence-corrected chi connectivity index (χ2v) is 6.33. The molecule has 0 aliphatic carbocycles. The van der Waals surface area contributed by atoms with E-state index in [1.54, 1.807) is 7.11 Å². The summed E-state index contributed by atoms with van der Waals surface area (Å²) in [6, 6.07) is 15.7. The van der Waals surface area contributed by atoms with Crippen molar-refractivity contribution in [2.24, 2.45) is 0 Å². The summed E-state index contributed by atoms with van der Waals surface area (Å²) in [6.45, 7) is 2.32. The lowest BCUT2D eigenvalue weighted by Crippen LogP contribution is -2.33. The first-order chi connectivity index (χ1) is 10.8. The van der Waals surface area contributed by atoms with E-state index >= 15 is 0 Å². The van der Waals surface area contributed by atoms with Crippen LogP contribution >= 0.6 is 0 Å². The lowest BCUT2D eigenvalue weighted by atomic mass is 10.1. The highest BCUT2D eigenvalue weighted by molar-refractivity contribution is 6.08. The second-order valence-electron chi connectivity index (χ2n) is 6.33. The maximum atomic E-state index is 5.46. The fourth-order valence-electron chi connectivity index (χ4n) is 3.85. The summed E-state index contributed by atoms with van der Waals surface area (Å²) < 4.78 is 7.99. The van der Waals surface area contributed by atoms with E-state index in [9.17, 15) is 0 Å². The van der Waals surface area contributed by atoms with Crippen LogP contribution in [0.5, 0.6) is 5.75 Å². The Hall–Kier alpha value is -2.00. The average molecular weight is 294 g/mol. The molecular formula is C19H22N2O. The summed E-state index contributed by atoms with van der Waals surface area (Å²) in [5.41, 5.74) is 2.63. The molecule has 0 saturated carbocycles. The van der Waals surface area contributed by atoms with Gasteiger partial charge < -0.3 is 14.2 Å². The van der Waals surface area contributed by atoms with Crippen LogP contribution in [0.2, 0.25) is 0 Å². The molecule has 0 radical (unpaired) electrons. The summed E-state index contributed by atoms with van der Waals surface area (Å²) in [5.74, 6) is 0.931. The highest BCUT2D eigenvalue weighted by Crippen LogP contribution is 2.36. The topological polar surface area (TPSA) is 17.4 Å². The molecule has 0 N–H and O–H groups in total. The molecule has 1 atom stereocenters. The van der Waals surface area contributed by atoms with Crippen molar-refractivity contribution in [3.05, 3.63) is 42.5 Å². The molecule has 22 heavy (non-hydrogen) atoms. The first kappa shape index (κ1) is 13.6. The molecule has 0 spiro atoms. The van der Waals surface area contributed by atoms with E-state index in [1.807, 2.05) is 0 Å². The molecule has 2 heterocycles. The Kier molecular flexibility index (Phi) is 3.30. The third-order valence-electron chi connectivity index (χ3n) is 4.88. The molecule has 1 aliphatic heterocycles. The largest absolute Gasteiger partial charge is 0.497 e. The van der Waals surface area contributed by atoms with Gasteiger partial charge in [0.1, 0.15) is 5.75 Å². The summed E-state index contributed by atoms with van der Waals surface area (Å²) >= 11 is 0. The number of rotatable bonds is 2. The summed E-state index contributed by atoms with van der Waals surface area (Å²) in [5, 5.41) is 2.66. The molecule has 3 aromatic rings. The van der Waals surface area contributed by atoms with E-state index in [2.05, 4.69) is 59.0 Å². The number of para-hydroxylation sites is 1. The molecule has 0 amide bonds. The summed E-state index contributed by atoms with van der Waals surface area (Å²) in [7, 11) is 3.96. The average Bonchev–Trinajstić information content (AvgIpc) is 2.88. The molecule has 0 bridgehead atoms. The standard InChI is InChI=1S/C19H22N2O/c1-20-11-5-6-14(13-20)21-18-8-4-3-7-16(18)17-10-9-15(22-2)12-19(17)21/h3-4,7-10,12,14H,5-6,11,13H2,1-2H3. The van der Waals surface area contributed by atoms with Gasteiger partial charge in [0.25, 0.3) is 0 Å². The van der Waals surface area contributed by atoms with Crippen molar-refractivity contribution in [2.45, 2.75) is 18.9 Å². The number of fused-ring (bicyclic) bond motifs is 3. The number of likely N-dealkylation sites (tertiary alicyclic amines) is 1. The van der Waals surface area contributed by atoms with Crippen molar-refractivity contribution in [3.8, 4) is 5.75 Å². The van der Waals surface area contributed by atoms with Gasteiger partial charge in [0.15, 0.2) is 0 Å². The monoisotopic (exact) mass is 294 g/mol. The number of methoxy groups -OCH3 is 1. The van der Waals surface area contributed by atoms with Crippen LogP contribution in [-0.4, -0.2) is 36.7 Å². The number of hydrogen-bond donors (Lipinski definition) is 0. The third-order valence-corrected chi connectivity index (χ3v) is 4.88. The van der Waals surface area contributed by atoms with Crippen molar-refractivity contribution in [1.29, 1.82) is 0 Å². The maximum absolute atomic E-state index is 5.46. The molecule has 2 aromatic carbocycles. The van der Waals surface area contributed by atoms with Crippen molar-refractivity contribution in [2.75, 3.05) is 27.2 Å². The molecule has 1 aliphatic rings. The van der Waals surface area contributed by atoms with E-state index in [-0.39, 0.29) is 0 Å². The zero-order valence-electron chi connectivity index (χ0n) is 13.2. The van der Waals surface area contributed by atoms with Crippen LogP contribution in [0.25, 0.3) is 21.8 Å². The fourth-order valence-corrected chi connectivity index (χ4v) is 3.85. The smallest absolute Gasteiger partial charge is 0.120 e. The van der Waals surface area contributed by atoms with Gasteiger partial charge in [0.05, 0.1) is 12.6 Å². The highest BCUT2D eigenvalue weighted by atomic mass is 16.5. The quantitative estimate of drug-likeness (QED) is 0.709. The van der Waals surface area contributed by atoms with Crippen molar-refractivity contribution in [1.82, 2.24) is 9.47 Å². The first-order valence-corrected chi connectivity index (χ1v) is 8.03. The van der Waals surface area contributed by atoms with Crippen LogP contribution in [0.1, 0.15) is 18.9 Å². The zero-order chi connectivity index (χ0) is 15.1. The number of nitrogens with zero attached hydrogens (tertiary/aromatic N) is 2. The molecule has 3 nitrogen and oxygen atoms in total. The predicted molar refractivity (Wildman–Crippen MR) is 91.8 cm³/mol. The van der Waals surface area contributed by atoms with Gasteiger partial charge in [-0.15, -0.1) is 0 Å². The van der Waals surface area contributed by atoms with Crippen molar-refractivity contribution < 1.29 is 4.74 Å². The molecular weight excluding hydrogens is 272 g/mol. The van der Waals surface area contributed by atoms with Crippen LogP contribution in [0, 0.1) is 0 Å². The number of benzene rings is 2. The minimum absolute atomic E-state index is 0.535. The summed E-state index contributed by atoms with van der Waals surface area (Å²) in [6.07, 6.45) is 2.51. The van der Waals surface area contributed by atoms with Crippen molar-refractivity contribution >= 4 is 21.8 Å². The van der Waals surface area contributed by atoms with Gasteiger partial charge in [-0.1, -0.05) is 18.2 Å². The van der Waals surface area contributed by atoms with E-state index in [1.165, 1.54) is 41.2 Å². The number of likely N-dealkylation sites (N-methyl/N-ethyl adjacent to an activating group) is 1. The van der Waals surface area contributed by atoms with Crippen LogP contribution in [0.4, 0.5) is 0 Å². The highest BCUT2D eigenvalue weighted by Gasteiger charge is 2.22. The predicted octanol–water partition coefficient (Wildman–Crippen LogP) is 4.07. The minimum atomic E-state index is 0.535. The lowest BCUT2D eigenvalue weighted by molar-refractivity contribution is 0.218. The normalized spacial score (nSPS) is 19.8. The Bertz CT molecular complexity index is 821. The van der Waals surface area contributed by atoms with Gasteiger partial charge in [0, 0.05) is 34.9 Å². The fraction of sp³-hybridized carbons (Fsp3) is 0.368. The lowest BCUT2D eigenvalue weighted by Gasteiger charge is -2.31. The minimum Gasteiger partial charge on any atom is -0.497 e. The van der Waals surface area contributed by atoms with Crippen LogP contribution < -0.4 is 4.74 Å². The summed E-state index contributed by atoms with van der Waals surface area (Å²) in [4.78, 5) is 2.44. The van der Waals surface area contributed by atoms with Gasteiger partial charge in [-0.25, -0.2) is 0 Å². The Labute approximate surface area is 131 Å². The molecule has 1 aromatic heterocycles. The van der Waals surface area contributed by atoms with E-state index in [4.69, 9.17) is 4.74 Å². The zero-order valence-corrected chi connectivity index (χ0v) is 13.2. The van der Waals surface area contributed by atoms with Gasteiger partial charge in [-0.2, -0.15) is 0 Å². The van der Waals surface area contributed by atoms with E-state index in [0.717, 1.165) is 12.3 Å². The molecule has 114 valence electrons. The number of hydrogen-bond acceptors (Lipinski definition) is 2. The molecule has 1 unspecified atom stereocenters. The van der Waals surface area contributed by atoms with Crippen molar-refractivity contribution in [3.63, 3.8) is 0 Å². The molecule has 1 saturated heterocycles. The second kappa shape index (κ2) is 5.33. The Morgan fingerprint density at radius 2 is 1.86 bits per heavy atom. The van der Waals surface area contributed by atoms with Gasteiger partial charge in [-0.3, -0.25) is 0 Å². The number of ether oxygens (including phenoxy) is 1. The number of piperidine rings is 1. The van der Waals surface area contributed by atoms with Crippen LogP contribution in [-0.2, 0) is 0 Å². The van der Waals surface area contributed by atoms with E-state index < -0.39 is 0 Å². The molecule has 4 rings (SSSR count). The maximum Gasteiger partial charge on any atom is 0.120 e. The Morgan fingerprint density at radius 3 is 2.68 bits per heavy atom. The van der Waals surface area contributed by atoms with Gasteiger partial charge in [0.2, 0.25) is 0 Å².